The van der Waals surface area contributed by atoms with Gasteiger partial charge in [0.15, 0.2) is 18.9 Å². The van der Waals surface area contributed by atoms with Crippen LogP contribution in [0.3, 0.4) is 0 Å². The molecule has 3 heterocycles. The average molecular weight is 866 g/mol. The lowest BCUT2D eigenvalue weighted by Gasteiger charge is -2.49. The Labute approximate surface area is 365 Å². The van der Waals surface area contributed by atoms with Gasteiger partial charge in [0.05, 0.1) is 41.5 Å². The van der Waals surface area contributed by atoms with Crippen molar-refractivity contribution in [1.82, 2.24) is 15.1 Å². The van der Waals surface area contributed by atoms with E-state index in [0.717, 1.165) is 11.3 Å². The number of rotatable bonds is 11. The quantitative estimate of drug-likeness (QED) is 0.232. The summed E-state index contributed by atoms with van der Waals surface area (Å²) < 4.78 is 44.3. The lowest BCUT2D eigenvalue weighted by molar-refractivity contribution is -0.329. The Kier molecular flexibility index (Phi) is 17.7. The molecule has 0 bridgehead atoms. The van der Waals surface area contributed by atoms with Crippen LogP contribution in [0.1, 0.15) is 107 Å². The van der Waals surface area contributed by atoms with E-state index < -0.39 is 78.5 Å². The molecule has 61 heavy (non-hydrogen) atoms. The number of nitrogens with zero attached hydrogens (tertiary/aromatic N) is 2. The molecule has 0 spiro atoms. The average Bonchev–Trinajstić information content (AvgIpc) is 3.14. The second-order valence-electron chi connectivity index (χ2n) is 19.9. The number of ether oxygens (including phenoxy) is 7. The number of hydrogen-bond acceptors (Lipinski definition) is 13. The van der Waals surface area contributed by atoms with Crippen LogP contribution in [0.2, 0.25) is 0 Å². The fourth-order valence-electron chi connectivity index (χ4n) is 9.54. The van der Waals surface area contributed by atoms with Gasteiger partial charge >= 0.3 is 0 Å². The Balaban J connectivity index is 1.78. The van der Waals surface area contributed by atoms with Crippen molar-refractivity contribution >= 4 is 11.8 Å². The summed E-state index contributed by atoms with van der Waals surface area (Å²) in [5.41, 5.74) is -1.96. The van der Waals surface area contributed by atoms with Crippen molar-refractivity contribution < 1.29 is 58.1 Å². The molecule has 350 valence electrons. The van der Waals surface area contributed by atoms with Crippen LogP contribution in [0.4, 0.5) is 0 Å². The maximum atomic E-state index is 14.7. The first-order valence-corrected chi connectivity index (χ1v) is 22.1. The van der Waals surface area contributed by atoms with Gasteiger partial charge in [0.1, 0.15) is 23.6 Å². The van der Waals surface area contributed by atoms with Crippen LogP contribution in [0.25, 0.3) is 0 Å². The third-order valence-corrected chi connectivity index (χ3v) is 12.5. The molecule has 15 nitrogen and oxygen atoms in total. The summed E-state index contributed by atoms with van der Waals surface area (Å²) in [7, 11) is 7.10. The summed E-state index contributed by atoms with van der Waals surface area (Å²) >= 11 is 0. The molecule has 2 amide bonds. The number of carbonyl (C=O) groups is 2. The second kappa shape index (κ2) is 21.0. The Morgan fingerprint density at radius 1 is 1.00 bits per heavy atom. The fourth-order valence-corrected chi connectivity index (χ4v) is 9.54. The first kappa shape index (κ1) is 51.2. The number of methoxy groups -OCH3 is 1. The Morgan fingerprint density at radius 2 is 1.64 bits per heavy atom. The van der Waals surface area contributed by atoms with E-state index in [9.17, 15) is 24.9 Å². The number of aliphatic hydroxyl groups is 3. The van der Waals surface area contributed by atoms with Gasteiger partial charge in [0.25, 0.3) is 0 Å². The Hall–Kier alpha value is -2.44. The van der Waals surface area contributed by atoms with Crippen molar-refractivity contribution in [1.29, 1.82) is 0 Å². The molecule has 3 aliphatic heterocycles. The summed E-state index contributed by atoms with van der Waals surface area (Å²) in [6, 6.07) is 6.84. The molecule has 1 aromatic rings. The van der Waals surface area contributed by atoms with Gasteiger partial charge in [-0.25, -0.2) is 0 Å². The van der Waals surface area contributed by atoms with Crippen molar-refractivity contribution in [2.75, 3.05) is 34.8 Å². The molecule has 4 N–H and O–H groups in total. The van der Waals surface area contributed by atoms with Crippen LogP contribution >= 0.6 is 0 Å². The van der Waals surface area contributed by atoms with Crippen molar-refractivity contribution in [2.24, 2.45) is 17.8 Å². The van der Waals surface area contributed by atoms with E-state index in [0.29, 0.717) is 19.4 Å². The molecule has 16 atom stereocenters. The van der Waals surface area contributed by atoms with Gasteiger partial charge < -0.3 is 63.6 Å². The summed E-state index contributed by atoms with van der Waals surface area (Å²) in [6.45, 7) is 20.7. The van der Waals surface area contributed by atoms with E-state index in [1.54, 1.807) is 32.9 Å². The Morgan fingerprint density at radius 3 is 2.21 bits per heavy atom. The molecule has 1 aromatic carbocycles. The maximum Gasteiger partial charge on any atom is 0.225 e. The van der Waals surface area contributed by atoms with Crippen LogP contribution in [0.5, 0.6) is 5.75 Å². The normalized spacial score (nSPS) is 39.4. The van der Waals surface area contributed by atoms with Crippen molar-refractivity contribution in [3.63, 3.8) is 0 Å². The number of benzene rings is 1. The van der Waals surface area contributed by atoms with Crippen molar-refractivity contribution in [3.8, 4) is 5.75 Å². The van der Waals surface area contributed by atoms with Gasteiger partial charge in [-0.15, -0.1) is 0 Å². The molecule has 15 heteroatoms. The molecule has 0 saturated carbocycles. The van der Waals surface area contributed by atoms with E-state index >= 15 is 0 Å². The molecule has 3 saturated heterocycles. The molecule has 3 aliphatic rings. The minimum Gasteiger partial charge on any atom is -0.488 e. The zero-order chi connectivity index (χ0) is 45.8. The first-order chi connectivity index (χ1) is 28.2. The van der Waals surface area contributed by atoms with Gasteiger partial charge in [-0.2, -0.15) is 0 Å². The zero-order valence-electron chi connectivity index (χ0n) is 39.5. The molecule has 0 aliphatic carbocycles. The summed E-state index contributed by atoms with van der Waals surface area (Å²) in [6.07, 6.45) is -6.20. The van der Waals surface area contributed by atoms with Crippen LogP contribution in [0.15, 0.2) is 24.3 Å². The van der Waals surface area contributed by atoms with Gasteiger partial charge in [0, 0.05) is 51.5 Å². The predicted molar refractivity (Wildman–Crippen MR) is 231 cm³/mol. The van der Waals surface area contributed by atoms with Gasteiger partial charge in [0.2, 0.25) is 11.8 Å². The number of likely N-dealkylation sites (N-methyl/N-ethyl adjacent to an activating group) is 1. The zero-order valence-corrected chi connectivity index (χ0v) is 39.5. The second-order valence-corrected chi connectivity index (χ2v) is 19.9. The van der Waals surface area contributed by atoms with Crippen LogP contribution in [-0.4, -0.2) is 156 Å². The standard InChI is InChI=1S/C46H79N3O12/c1-26-23-45(10,54)40(60-43-38(52)35(48(12)13)20-27(2)56-43)28(3)39(59-37-24-46(11,55-15)41(30(5)57-37)58-31(6)50)29(4)42(53)47-33(22-36(51)49(14)25-26)21-32-16-18-34(19-17-32)61-44(7,8)9/h16-19,26-31,33,35,37-41,43,50,52,54H,20-25H2,1-15H3,(H,47,53)/t26-,27-,28+,29-,30+,31?,33+,35+,37+,38-,39+,40-,41+,43+,45-,46-/m1/s1. The highest BCUT2D eigenvalue weighted by Gasteiger charge is 2.52. The number of hydrogen-bond donors (Lipinski definition) is 4. The number of aliphatic hydroxyl groups excluding tert-OH is 2. The molecule has 0 radical (unpaired) electrons. The maximum absolute atomic E-state index is 14.7. The van der Waals surface area contributed by atoms with Crippen LogP contribution < -0.4 is 10.1 Å². The Bertz CT molecular complexity index is 1550. The first-order valence-electron chi connectivity index (χ1n) is 22.1. The largest absolute Gasteiger partial charge is 0.488 e. The van der Waals surface area contributed by atoms with E-state index in [2.05, 4.69) is 5.32 Å². The lowest BCUT2D eigenvalue weighted by atomic mass is 9.77. The topological polar surface area (TPSA) is 178 Å². The summed E-state index contributed by atoms with van der Waals surface area (Å²) in [5, 5.41) is 37.6. The summed E-state index contributed by atoms with van der Waals surface area (Å²) in [4.78, 5) is 32.2. The molecular formula is C46H79N3O12. The van der Waals surface area contributed by atoms with Gasteiger partial charge in [-0.3, -0.25) is 9.59 Å². The van der Waals surface area contributed by atoms with Gasteiger partial charge in [-0.05, 0) is 112 Å². The highest BCUT2D eigenvalue weighted by Crippen LogP contribution is 2.40. The molecule has 4 rings (SSSR count). The van der Waals surface area contributed by atoms with Crippen molar-refractivity contribution in [3.05, 3.63) is 29.8 Å². The minimum atomic E-state index is -1.56. The smallest absolute Gasteiger partial charge is 0.225 e. The third-order valence-electron chi connectivity index (χ3n) is 12.5. The van der Waals surface area contributed by atoms with E-state index in [1.165, 1.54) is 6.92 Å². The number of amides is 2. The van der Waals surface area contributed by atoms with Gasteiger partial charge in [-0.1, -0.05) is 32.9 Å². The van der Waals surface area contributed by atoms with Crippen LogP contribution in [0, 0.1) is 17.8 Å². The monoisotopic (exact) mass is 866 g/mol. The summed E-state index contributed by atoms with van der Waals surface area (Å²) in [5.74, 6) is -1.56. The fraction of sp³-hybridized carbons (Fsp3) is 0.826. The van der Waals surface area contributed by atoms with E-state index in [1.807, 2.05) is 98.7 Å². The van der Waals surface area contributed by atoms with Crippen molar-refractivity contribution in [2.45, 2.75) is 193 Å². The highest BCUT2D eigenvalue weighted by molar-refractivity contribution is 5.81. The van der Waals surface area contributed by atoms with E-state index in [4.69, 9.17) is 33.2 Å². The molecular weight excluding hydrogens is 787 g/mol. The lowest BCUT2D eigenvalue weighted by Crippen LogP contribution is -2.61. The molecule has 3 fully saturated rings. The number of carbonyl (C=O) groups excluding carboxylic acids is 2. The molecule has 1 unspecified atom stereocenters. The highest BCUT2D eigenvalue weighted by atomic mass is 16.7. The predicted octanol–water partition coefficient (Wildman–Crippen LogP) is 4.26. The molecule has 0 aromatic heterocycles. The minimum absolute atomic E-state index is 0.0490. The number of nitrogens with one attached hydrogen (secondary N) is 1. The third kappa shape index (κ3) is 13.8. The van der Waals surface area contributed by atoms with E-state index in [-0.39, 0.29) is 54.7 Å². The SMILES string of the molecule is CO[C@]1(C)C[C@H](O[C@H]2[C@H](C)[C@@H](O[C@@H]3O[C@H](C)C[C@H](N(C)C)[C@H]3O)[C@](C)(O)C[C@@H](C)CN(C)C(=O)C[C@H](Cc3ccc(OC(C)(C)C)cc3)NC(=O)[C@@H]2C)O[C@@H](C)[C@@H]1OC(C)O. The van der Waals surface area contributed by atoms with Crippen LogP contribution in [-0.2, 0) is 44.4 Å².